The van der Waals surface area contributed by atoms with Crippen molar-refractivity contribution >= 4 is 115 Å². The molecule has 0 atom stereocenters. The van der Waals surface area contributed by atoms with E-state index >= 15 is 0 Å². The molecule has 0 aromatic heterocycles. The van der Waals surface area contributed by atoms with Crippen molar-refractivity contribution in [2.45, 2.75) is 0 Å². The molecule has 0 saturated carbocycles. The van der Waals surface area contributed by atoms with E-state index in [1.54, 1.807) is 0 Å². The molecule has 0 aliphatic carbocycles. The quantitative estimate of drug-likeness (QED) is 0.392. The van der Waals surface area contributed by atoms with Gasteiger partial charge in [0.1, 0.15) is 0 Å². The van der Waals surface area contributed by atoms with E-state index in [1.807, 2.05) is 0 Å². The summed E-state index contributed by atoms with van der Waals surface area (Å²) in [5, 5.41) is 0. The van der Waals surface area contributed by atoms with Gasteiger partial charge in [0.2, 0.25) is 0 Å². The van der Waals surface area contributed by atoms with E-state index in [1.165, 1.54) is 0 Å². The Morgan fingerprint density at radius 1 is 0.429 bits per heavy atom. The van der Waals surface area contributed by atoms with Crippen molar-refractivity contribution in [3.8, 4) is 0 Å². The average molecular weight is 571 g/mol. The zero-order chi connectivity index (χ0) is 12.7. The van der Waals surface area contributed by atoms with Gasteiger partial charge in [0.25, 0.3) is 0 Å². The number of hydrogen-bond donors (Lipinski definition) is 0. The Hall–Kier alpha value is 2.58. The van der Waals surface area contributed by atoms with Crippen LogP contribution in [0.15, 0.2) is 65.9 Å². The molecule has 0 saturated heterocycles. The van der Waals surface area contributed by atoms with Crippen molar-refractivity contribution < 1.29 is 0 Å². The van der Waals surface area contributed by atoms with E-state index in [0.717, 1.165) is 38.0 Å². The van der Waals surface area contributed by atoms with E-state index in [-0.39, 0.29) is 37.2 Å². The van der Waals surface area contributed by atoms with Crippen LogP contribution >= 0.6 is 37.2 Å². The van der Waals surface area contributed by atoms with Gasteiger partial charge >= 0.3 is 144 Å². The Morgan fingerprint density at radius 2 is 0.714 bits per heavy atom. The van der Waals surface area contributed by atoms with Gasteiger partial charge in [0.15, 0.2) is 0 Å². The van der Waals surface area contributed by atoms with E-state index in [0.29, 0.717) is 39.8 Å². The molecule has 3 aliphatic rings. The molecule has 3 aliphatic heterocycles. The molecule has 108 valence electrons. The molecule has 0 N–H and O–H groups in total. The predicted octanol–water partition coefficient (Wildman–Crippen LogP) is 2.32. The number of halogens is 3. The fourth-order valence-electron chi connectivity index (χ4n) is 0.938. The first-order valence-electron chi connectivity index (χ1n) is 5.55. The molecule has 3 rings (SSSR count). The second-order valence-corrected chi connectivity index (χ2v) is 19.2. The van der Waals surface area contributed by atoms with Crippen LogP contribution in [0.3, 0.4) is 0 Å². The zero-order valence-electron chi connectivity index (χ0n) is 11.2. The topological polar surface area (TPSA) is 0 Å². The normalized spacial score (nSPS) is 14.9. The van der Waals surface area contributed by atoms with Gasteiger partial charge in [-0.2, -0.15) is 0 Å². The van der Waals surface area contributed by atoms with Crippen molar-refractivity contribution in [3.05, 3.63) is 65.9 Å². The summed E-state index contributed by atoms with van der Waals surface area (Å²) in [6.07, 6.45) is 12.9. The SMILES string of the molecule is C1=[CH][Al]=[As]C=C1.C1=[CH][Al]=[As]C=C1.C1=[CH][Al]=[As]C=C1.Cl.Cl.Cl. The van der Waals surface area contributed by atoms with Gasteiger partial charge in [-0.05, 0) is 0 Å². The Balaban J connectivity index is -0.000000216. The summed E-state index contributed by atoms with van der Waals surface area (Å²) in [5.41, 5.74) is 0. The third kappa shape index (κ3) is 22.6. The van der Waals surface area contributed by atoms with Crippen molar-refractivity contribution in [3.63, 3.8) is 0 Å². The number of hydrogen-bond acceptors (Lipinski definition) is 0. The van der Waals surface area contributed by atoms with Crippen molar-refractivity contribution in [1.29, 1.82) is 0 Å². The molecular weight excluding hydrogens is 556 g/mol. The molecule has 0 amide bonds. The molecule has 0 spiro atoms. The monoisotopic (exact) mass is 570 g/mol. The third-order valence-electron chi connectivity index (χ3n) is 1.70. The Labute approximate surface area is 178 Å². The van der Waals surface area contributed by atoms with Crippen molar-refractivity contribution in [2.24, 2.45) is 0 Å². The van der Waals surface area contributed by atoms with Crippen LogP contribution in [-0.4, -0.2) is 77.8 Å². The fourth-order valence-corrected chi connectivity index (χ4v) is 10.6. The summed E-state index contributed by atoms with van der Waals surface area (Å²) in [7, 11) is 0. The van der Waals surface area contributed by atoms with Crippen LogP contribution in [0.4, 0.5) is 0 Å². The number of allylic oxidation sites excluding steroid dienone is 6. The smallest absolute Gasteiger partial charge is 0.147 e. The van der Waals surface area contributed by atoms with Crippen molar-refractivity contribution in [2.75, 3.05) is 0 Å². The summed E-state index contributed by atoms with van der Waals surface area (Å²) in [4.78, 5) is 13.9. The summed E-state index contributed by atoms with van der Waals surface area (Å²) in [6, 6.07) is 0. The minimum absolute atomic E-state index is 0. The van der Waals surface area contributed by atoms with Crippen LogP contribution in [0, 0.1) is 0 Å². The molecule has 21 heavy (non-hydrogen) atoms. The molecule has 9 heteroatoms. The second kappa shape index (κ2) is 24.8. The molecule has 0 bridgehead atoms. The minimum Gasteiger partial charge on any atom is -0.147 e. The molecule has 0 unspecified atom stereocenters. The molecule has 0 nitrogen and oxygen atoms in total. The Kier molecular flexibility index (Phi) is 33.6. The molecule has 0 aromatic rings. The van der Waals surface area contributed by atoms with Gasteiger partial charge in [-0.1, -0.05) is 0 Å². The van der Waals surface area contributed by atoms with Crippen LogP contribution in [0.1, 0.15) is 0 Å². The van der Waals surface area contributed by atoms with Crippen LogP contribution in [-0.2, 0) is 0 Å². The van der Waals surface area contributed by atoms with Crippen LogP contribution in [0.5, 0.6) is 0 Å². The Morgan fingerprint density at radius 3 is 0.762 bits per heavy atom. The first-order valence-corrected chi connectivity index (χ1v) is 22.1. The van der Waals surface area contributed by atoms with Gasteiger partial charge in [0.05, 0.1) is 0 Å². The summed E-state index contributed by atoms with van der Waals surface area (Å²) in [5.74, 6) is 0. The largest absolute Gasteiger partial charge is 0.147 e. The molecule has 0 fully saturated rings. The summed E-state index contributed by atoms with van der Waals surface area (Å²) in [6.45, 7) is 0. The summed E-state index contributed by atoms with van der Waals surface area (Å²) >= 11 is 4.13. The van der Waals surface area contributed by atoms with E-state index < -0.39 is 0 Å². The minimum atomic E-state index is 0. The van der Waals surface area contributed by atoms with E-state index in [9.17, 15) is 0 Å². The summed E-state index contributed by atoms with van der Waals surface area (Å²) < 4.78 is 0. The van der Waals surface area contributed by atoms with Crippen molar-refractivity contribution in [1.82, 2.24) is 0 Å². The predicted molar refractivity (Wildman–Crippen MR) is 111 cm³/mol. The van der Waals surface area contributed by atoms with E-state index in [4.69, 9.17) is 0 Å². The first-order chi connectivity index (χ1) is 9.00. The maximum atomic E-state index is 2.31. The van der Waals surface area contributed by atoms with Gasteiger partial charge in [-0.3, -0.25) is 0 Å². The first kappa shape index (κ1) is 28.4. The zero-order valence-corrected chi connectivity index (χ0v) is 22.8. The molecule has 0 aromatic carbocycles. The standard InChI is InChI=1S/3C4H4As.3Al.3ClH/c3*1-2-3-4-5;;;;;;/h3*1-4H;;;;3*1H. The van der Waals surface area contributed by atoms with Crippen LogP contribution < -0.4 is 0 Å². The van der Waals surface area contributed by atoms with Gasteiger partial charge < -0.3 is 0 Å². The third-order valence-corrected chi connectivity index (χ3v) is 14.7. The fraction of sp³-hybridized carbons (Fsp3) is 0. The maximum absolute atomic E-state index is 2.31. The molecule has 3 heterocycles. The maximum Gasteiger partial charge on any atom is -0.147 e. The van der Waals surface area contributed by atoms with Gasteiger partial charge in [-0.25, -0.2) is 0 Å². The average Bonchev–Trinajstić information content (AvgIpc) is 2.54. The van der Waals surface area contributed by atoms with Gasteiger partial charge in [0, 0.05) is 0 Å². The number of rotatable bonds is 0. The van der Waals surface area contributed by atoms with Crippen LogP contribution in [0.25, 0.3) is 0 Å². The molecule has 0 radical (unpaired) electrons. The Bertz CT molecular complexity index is 315. The molecular formula is C12H15Al3As3Cl3. The van der Waals surface area contributed by atoms with Gasteiger partial charge in [-0.15, -0.1) is 37.2 Å². The van der Waals surface area contributed by atoms with Crippen LogP contribution in [0.2, 0.25) is 0 Å². The second-order valence-electron chi connectivity index (χ2n) is 3.07. The van der Waals surface area contributed by atoms with E-state index in [2.05, 4.69) is 65.9 Å².